The molecule has 1 aromatic heterocycles. The SMILES string of the molecule is Cc1ccc(-n2nc(C(=O)NC3CCCCC3)cc2-c2ccc(-c3ccccc3)cc2)cc1. The monoisotopic (exact) mass is 435 g/mol. The predicted octanol–water partition coefficient (Wildman–Crippen LogP) is 6.58. The molecule has 0 atom stereocenters. The van der Waals surface area contributed by atoms with Gasteiger partial charge in [0.15, 0.2) is 5.69 Å². The van der Waals surface area contributed by atoms with Gasteiger partial charge in [0.2, 0.25) is 0 Å². The zero-order chi connectivity index (χ0) is 22.6. The van der Waals surface area contributed by atoms with Crippen LogP contribution in [-0.4, -0.2) is 21.7 Å². The number of amides is 1. The number of benzene rings is 3. The molecular formula is C29H29N3O. The lowest BCUT2D eigenvalue weighted by Gasteiger charge is -2.22. The van der Waals surface area contributed by atoms with Gasteiger partial charge in [0, 0.05) is 11.6 Å². The number of aromatic nitrogens is 2. The van der Waals surface area contributed by atoms with Crippen molar-refractivity contribution in [3.05, 3.63) is 96.2 Å². The quantitative estimate of drug-likeness (QED) is 0.385. The van der Waals surface area contributed by atoms with Crippen molar-refractivity contribution in [3.63, 3.8) is 0 Å². The smallest absolute Gasteiger partial charge is 0.272 e. The highest BCUT2D eigenvalue weighted by molar-refractivity contribution is 5.94. The molecule has 1 heterocycles. The Morgan fingerprint density at radius 3 is 2.15 bits per heavy atom. The molecule has 1 aliphatic carbocycles. The van der Waals surface area contributed by atoms with Gasteiger partial charge in [-0.3, -0.25) is 4.79 Å². The summed E-state index contributed by atoms with van der Waals surface area (Å²) in [6.07, 6.45) is 5.73. The van der Waals surface area contributed by atoms with Gasteiger partial charge >= 0.3 is 0 Å². The Kier molecular flexibility index (Phi) is 6.07. The minimum Gasteiger partial charge on any atom is -0.348 e. The van der Waals surface area contributed by atoms with E-state index in [1.807, 2.05) is 41.1 Å². The molecule has 3 aromatic carbocycles. The van der Waals surface area contributed by atoms with E-state index in [1.54, 1.807) is 0 Å². The zero-order valence-electron chi connectivity index (χ0n) is 19.0. The Labute approximate surface area is 195 Å². The average molecular weight is 436 g/mol. The molecule has 1 aliphatic rings. The van der Waals surface area contributed by atoms with Gasteiger partial charge in [0.1, 0.15) is 0 Å². The van der Waals surface area contributed by atoms with E-state index in [-0.39, 0.29) is 11.9 Å². The van der Waals surface area contributed by atoms with Crippen LogP contribution in [0.15, 0.2) is 84.9 Å². The van der Waals surface area contributed by atoms with Crippen LogP contribution in [0, 0.1) is 6.92 Å². The fourth-order valence-electron chi connectivity index (χ4n) is 4.55. The van der Waals surface area contributed by atoms with Crippen LogP contribution < -0.4 is 5.32 Å². The minimum absolute atomic E-state index is 0.0880. The van der Waals surface area contributed by atoms with Gasteiger partial charge in [-0.05, 0) is 49.1 Å². The number of carbonyl (C=O) groups is 1. The molecule has 1 fully saturated rings. The highest BCUT2D eigenvalue weighted by atomic mass is 16.2. The summed E-state index contributed by atoms with van der Waals surface area (Å²) in [6.45, 7) is 2.07. The number of hydrogen-bond acceptors (Lipinski definition) is 2. The highest BCUT2D eigenvalue weighted by Gasteiger charge is 2.21. The van der Waals surface area contributed by atoms with Crippen molar-refractivity contribution < 1.29 is 4.79 Å². The van der Waals surface area contributed by atoms with Crippen molar-refractivity contribution in [2.24, 2.45) is 0 Å². The molecule has 1 amide bonds. The maximum absolute atomic E-state index is 13.0. The van der Waals surface area contributed by atoms with Gasteiger partial charge in [0.05, 0.1) is 11.4 Å². The van der Waals surface area contributed by atoms with Crippen molar-refractivity contribution in [2.45, 2.75) is 45.1 Å². The maximum Gasteiger partial charge on any atom is 0.272 e. The predicted molar refractivity (Wildman–Crippen MR) is 134 cm³/mol. The molecule has 0 spiro atoms. The molecule has 4 nitrogen and oxygen atoms in total. The van der Waals surface area contributed by atoms with Gasteiger partial charge in [-0.1, -0.05) is 91.6 Å². The molecular weight excluding hydrogens is 406 g/mol. The van der Waals surface area contributed by atoms with E-state index < -0.39 is 0 Å². The van der Waals surface area contributed by atoms with Crippen molar-refractivity contribution >= 4 is 5.91 Å². The van der Waals surface area contributed by atoms with E-state index in [0.29, 0.717) is 5.69 Å². The van der Waals surface area contributed by atoms with Crippen LogP contribution in [0.1, 0.15) is 48.2 Å². The molecule has 0 bridgehead atoms. The maximum atomic E-state index is 13.0. The second-order valence-corrected chi connectivity index (χ2v) is 8.91. The molecule has 33 heavy (non-hydrogen) atoms. The minimum atomic E-state index is -0.0880. The van der Waals surface area contributed by atoms with E-state index in [2.05, 4.69) is 60.8 Å². The molecule has 0 radical (unpaired) electrons. The lowest BCUT2D eigenvalue weighted by atomic mass is 9.95. The summed E-state index contributed by atoms with van der Waals surface area (Å²) in [5.41, 5.74) is 6.88. The lowest BCUT2D eigenvalue weighted by molar-refractivity contribution is 0.0922. The number of rotatable bonds is 5. The molecule has 1 N–H and O–H groups in total. The van der Waals surface area contributed by atoms with Crippen molar-refractivity contribution in [1.29, 1.82) is 0 Å². The van der Waals surface area contributed by atoms with Crippen molar-refractivity contribution in [2.75, 3.05) is 0 Å². The molecule has 5 rings (SSSR count). The Morgan fingerprint density at radius 2 is 1.45 bits per heavy atom. The van der Waals surface area contributed by atoms with E-state index in [1.165, 1.54) is 30.4 Å². The summed E-state index contributed by atoms with van der Waals surface area (Å²) in [5.74, 6) is -0.0880. The van der Waals surface area contributed by atoms with Gasteiger partial charge in [-0.15, -0.1) is 0 Å². The van der Waals surface area contributed by atoms with Crippen LogP contribution in [0.3, 0.4) is 0 Å². The Morgan fingerprint density at radius 1 is 0.818 bits per heavy atom. The molecule has 4 aromatic rings. The van der Waals surface area contributed by atoms with Gasteiger partial charge < -0.3 is 5.32 Å². The fraction of sp³-hybridized carbons (Fsp3) is 0.241. The number of nitrogens with zero attached hydrogens (tertiary/aromatic N) is 2. The Hall–Kier alpha value is -3.66. The first-order valence-electron chi connectivity index (χ1n) is 11.8. The summed E-state index contributed by atoms with van der Waals surface area (Å²) in [4.78, 5) is 13.0. The van der Waals surface area contributed by atoms with E-state index in [9.17, 15) is 4.79 Å². The second-order valence-electron chi connectivity index (χ2n) is 8.91. The lowest BCUT2D eigenvalue weighted by Crippen LogP contribution is -2.36. The second kappa shape index (κ2) is 9.45. The first-order valence-corrected chi connectivity index (χ1v) is 11.8. The van der Waals surface area contributed by atoms with Gasteiger partial charge in [0.25, 0.3) is 5.91 Å². The molecule has 166 valence electrons. The number of hydrogen-bond donors (Lipinski definition) is 1. The summed E-state index contributed by atoms with van der Waals surface area (Å²) in [5, 5.41) is 7.94. The van der Waals surface area contributed by atoms with E-state index >= 15 is 0 Å². The topological polar surface area (TPSA) is 46.9 Å². The highest BCUT2D eigenvalue weighted by Crippen LogP contribution is 2.28. The number of carbonyl (C=O) groups excluding carboxylic acids is 1. The number of nitrogens with one attached hydrogen (secondary N) is 1. The van der Waals surface area contributed by atoms with Crippen LogP contribution in [0.25, 0.3) is 28.1 Å². The third kappa shape index (κ3) is 4.75. The average Bonchev–Trinajstić information content (AvgIpc) is 3.31. The summed E-state index contributed by atoms with van der Waals surface area (Å²) in [6, 6.07) is 29.2. The van der Waals surface area contributed by atoms with Gasteiger partial charge in [-0.2, -0.15) is 5.10 Å². The van der Waals surface area contributed by atoms with Crippen LogP contribution in [0.2, 0.25) is 0 Å². The van der Waals surface area contributed by atoms with Crippen LogP contribution in [0.5, 0.6) is 0 Å². The molecule has 4 heteroatoms. The van der Waals surface area contributed by atoms with Crippen LogP contribution >= 0.6 is 0 Å². The van der Waals surface area contributed by atoms with Crippen molar-refractivity contribution in [3.8, 4) is 28.1 Å². The van der Waals surface area contributed by atoms with E-state index in [4.69, 9.17) is 5.10 Å². The largest absolute Gasteiger partial charge is 0.348 e. The Balaban J connectivity index is 1.49. The first-order chi connectivity index (χ1) is 16.2. The third-order valence-electron chi connectivity index (χ3n) is 6.45. The standard InChI is InChI=1S/C29H29N3O/c1-21-12-18-26(19-13-21)32-28(20-27(31-32)29(33)30-25-10-6-3-7-11-25)24-16-14-23(15-17-24)22-8-4-2-5-9-22/h2,4-5,8-9,12-20,25H,3,6-7,10-11H2,1H3,(H,30,33). The third-order valence-corrected chi connectivity index (χ3v) is 6.45. The summed E-state index contributed by atoms with van der Waals surface area (Å²) >= 11 is 0. The molecule has 0 aliphatic heterocycles. The number of aryl methyl sites for hydroxylation is 1. The normalized spacial score (nSPS) is 14.2. The van der Waals surface area contributed by atoms with Crippen LogP contribution in [0.4, 0.5) is 0 Å². The first kappa shape index (κ1) is 21.2. The Bertz CT molecular complexity index is 1220. The van der Waals surface area contributed by atoms with E-state index in [0.717, 1.165) is 35.3 Å². The van der Waals surface area contributed by atoms with Crippen LogP contribution in [-0.2, 0) is 0 Å². The molecule has 0 unspecified atom stereocenters. The zero-order valence-corrected chi connectivity index (χ0v) is 19.0. The summed E-state index contributed by atoms with van der Waals surface area (Å²) < 4.78 is 1.88. The summed E-state index contributed by atoms with van der Waals surface area (Å²) in [7, 11) is 0. The molecule has 1 saturated carbocycles. The fourth-order valence-corrected chi connectivity index (χ4v) is 4.55. The van der Waals surface area contributed by atoms with Crippen molar-refractivity contribution in [1.82, 2.24) is 15.1 Å². The van der Waals surface area contributed by atoms with Gasteiger partial charge in [-0.25, -0.2) is 4.68 Å². The molecule has 0 saturated heterocycles.